The second-order valence-corrected chi connectivity index (χ2v) is 2.72. The Balaban J connectivity index is 2.55. The van der Waals surface area contributed by atoms with Crippen LogP contribution in [0.15, 0.2) is 35.5 Å². The minimum atomic E-state index is 0.852. The third-order valence-electron chi connectivity index (χ3n) is 1.48. The fraction of sp³-hybridized carbons (Fsp3) is 0. The van der Waals surface area contributed by atoms with Gasteiger partial charge in [-0.3, -0.25) is 0 Å². The first-order chi connectivity index (χ1) is 5.88. The molecule has 0 fully saturated rings. The zero-order chi connectivity index (χ0) is 8.39. The van der Waals surface area contributed by atoms with Gasteiger partial charge in [0, 0.05) is 4.90 Å². The third kappa shape index (κ3) is 1.18. The van der Waals surface area contributed by atoms with E-state index in [1.165, 1.54) is 6.33 Å². The molecule has 0 aliphatic carbocycles. The van der Waals surface area contributed by atoms with Crippen LogP contribution in [0.2, 0.25) is 0 Å². The highest BCUT2D eigenvalue weighted by atomic mass is 32.1. The summed E-state index contributed by atoms with van der Waals surface area (Å²) in [6.45, 7) is 0. The number of aromatic nitrogens is 4. The van der Waals surface area contributed by atoms with E-state index in [0.29, 0.717) is 0 Å². The van der Waals surface area contributed by atoms with E-state index in [1.54, 1.807) is 4.68 Å². The molecule has 4 nitrogen and oxygen atoms in total. The molecule has 0 atom stereocenters. The first-order valence-corrected chi connectivity index (χ1v) is 3.84. The van der Waals surface area contributed by atoms with Gasteiger partial charge in [-0.05, 0) is 22.6 Å². The van der Waals surface area contributed by atoms with E-state index in [0.717, 1.165) is 10.6 Å². The van der Waals surface area contributed by atoms with Gasteiger partial charge in [0.1, 0.15) is 6.33 Å². The van der Waals surface area contributed by atoms with Gasteiger partial charge in [0.15, 0.2) is 0 Å². The highest BCUT2D eigenvalue weighted by Crippen LogP contribution is 2.15. The van der Waals surface area contributed by atoms with Crippen molar-refractivity contribution in [3.63, 3.8) is 0 Å². The monoisotopic (exact) mass is 178 g/mol. The molecule has 2 rings (SSSR count). The predicted octanol–water partition coefficient (Wildman–Crippen LogP) is 0.951. The van der Waals surface area contributed by atoms with Crippen molar-refractivity contribution < 1.29 is 0 Å². The zero-order valence-electron chi connectivity index (χ0n) is 6.12. The molecule has 5 heteroatoms. The highest BCUT2D eigenvalue weighted by molar-refractivity contribution is 7.80. The average Bonchev–Trinajstić information content (AvgIpc) is 2.57. The molecular weight excluding hydrogens is 172 g/mol. The lowest BCUT2D eigenvalue weighted by molar-refractivity contribution is 0.779. The van der Waals surface area contributed by atoms with Crippen LogP contribution in [0.5, 0.6) is 0 Å². The smallest absolute Gasteiger partial charge is 0.143 e. The van der Waals surface area contributed by atoms with Crippen molar-refractivity contribution in [1.82, 2.24) is 20.2 Å². The Morgan fingerprint density at radius 3 is 2.75 bits per heavy atom. The first-order valence-electron chi connectivity index (χ1n) is 3.39. The first kappa shape index (κ1) is 7.30. The van der Waals surface area contributed by atoms with Crippen LogP contribution >= 0.6 is 12.6 Å². The lowest BCUT2D eigenvalue weighted by Gasteiger charge is -2.00. The molecule has 12 heavy (non-hydrogen) atoms. The van der Waals surface area contributed by atoms with E-state index < -0.39 is 0 Å². The van der Waals surface area contributed by atoms with E-state index in [1.807, 2.05) is 24.3 Å². The van der Waals surface area contributed by atoms with Crippen LogP contribution in [0, 0.1) is 0 Å². The normalized spacial score (nSPS) is 10.1. The van der Waals surface area contributed by atoms with Gasteiger partial charge in [-0.2, -0.15) is 4.68 Å². The molecule has 0 amide bonds. The minimum Gasteiger partial charge on any atom is -0.199 e. The molecular formula is C7H6N4S. The van der Waals surface area contributed by atoms with Crippen LogP contribution in [0.3, 0.4) is 0 Å². The van der Waals surface area contributed by atoms with Gasteiger partial charge in [-0.15, -0.1) is 17.7 Å². The lowest BCUT2D eigenvalue weighted by atomic mass is 10.3. The molecule has 0 saturated carbocycles. The number of hydrogen-bond donors (Lipinski definition) is 1. The van der Waals surface area contributed by atoms with Crippen LogP contribution in [-0.2, 0) is 0 Å². The fourth-order valence-electron chi connectivity index (χ4n) is 0.930. The minimum absolute atomic E-state index is 0.852. The molecule has 1 heterocycles. The van der Waals surface area contributed by atoms with Crippen LogP contribution in [0.1, 0.15) is 0 Å². The standard InChI is InChI=1S/C7H6N4S/c12-7-4-2-1-3-6(7)11-5-8-9-10-11/h1-5,12H. The molecule has 1 aromatic carbocycles. The Labute approximate surface area is 74.6 Å². The van der Waals surface area contributed by atoms with Gasteiger partial charge < -0.3 is 0 Å². The summed E-state index contributed by atoms with van der Waals surface area (Å²) >= 11 is 4.27. The summed E-state index contributed by atoms with van der Waals surface area (Å²) < 4.78 is 1.57. The number of thiol groups is 1. The topological polar surface area (TPSA) is 43.6 Å². The summed E-state index contributed by atoms with van der Waals surface area (Å²) in [6.07, 6.45) is 1.54. The molecule has 0 saturated heterocycles. The molecule has 1 aromatic heterocycles. The van der Waals surface area contributed by atoms with Gasteiger partial charge >= 0.3 is 0 Å². The fourth-order valence-corrected chi connectivity index (χ4v) is 1.19. The van der Waals surface area contributed by atoms with Crippen LogP contribution in [0.4, 0.5) is 0 Å². The Morgan fingerprint density at radius 1 is 1.25 bits per heavy atom. The molecule has 0 spiro atoms. The van der Waals surface area contributed by atoms with Crippen molar-refractivity contribution in [2.45, 2.75) is 4.90 Å². The predicted molar refractivity (Wildman–Crippen MR) is 46.4 cm³/mol. The van der Waals surface area contributed by atoms with Gasteiger partial charge in [0.25, 0.3) is 0 Å². The van der Waals surface area contributed by atoms with Crippen LogP contribution < -0.4 is 0 Å². The van der Waals surface area contributed by atoms with Crippen molar-refractivity contribution in [2.24, 2.45) is 0 Å². The number of benzene rings is 1. The van der Waals surface area contributed by atoms with Crippen LogP contribution in [-0.4, -0.2) is 20.2 Å². The Bertz CT molecular complexity index is 371. The lowest BCUT2D eigenvalue weighted by Crippen LogP contribution is -1.95. The van der Waals surface area contributed by atoms with Gasteiger partial charge in [0.2, 0.25) is 0 Å². The average molecular weight is 178 g/mol. The SMILES string of the molecule is Sc1ccccc1-n1cnnn1. The summed E-state index contributed by atoms with van der Waals surface area (Å²) in [5.41, 5.74) is 0.880. The molecule has 0 unspecified atom stereocenters. The second-order valence-electron chi connectivity index (χ2n) is 2.24. The van der Waals surface area contributed by atoms with Crippen molar-refractivity contribution in [2.75, 3.05) is 0 Å². The van der Waals surface area contributed by atoms with Gasteiger partial charge in [-0.25, -0.2) is 0 Å². The molecule has 2 aromatic rings. The molecule has 60 valence electrons. The summed E-state index contributed by atoms with van der Waals surface area (Å²) in [7, 11) is 0. The number of nitrogens with zero attached hydrogens (tertiary/aromatic N) is 4. The maximum atomic E-state index is 4.27. The summed E-state index contributed by atoms with van der Waals surface area (Å²) in [5, 5.41) is 10.8. The molecule has 0 aliphatic rings. The maximum absolute atomic E-state index is 4.27. The van der Waals surface area contributed by atoms with E-state index in [2.05, 4.69) is 28.2 Å². The van der Waals surface area contributed by atoms with E-state index >= 15 is 0 Å². The molecule has 0 N–H and O–H groups in total. The number of hydrogen-bond acceptors (Lipinski definition) is 4. The van der Waals surface area contributed by atoms with Crippen molar-refractivity contribution in [3.8, 4) is 5.69 Å². The number of tetrazole rings is 1. The maximum Gasteiger partial charge on any atom is 0.143 e. The summed E-state index contributed by atoms with van der Waals surface area (Å²) in [4.78, 5) is 0.852. The summed E-state index contributed by atoms with van der Waals surface area (Å²) in [5.74, 6) is 0. The number of para-hydroxylation sites is 1. The van der Waals surface area contributed by atoms with Gasteiger partial charge in [0.05, 0.1) is 5.69 Å². The van der Waals surface area contributed by atoms with Crippen molar-refractivity contribution in [3.05, 3.63) is 30.6 Å². The summed E-state index contributed by atoms with van der Waals surface area (Å²) in [6, 6.07) is 7.62. The Morgan fingerprint density at radius 2 is 2.08 bits per heavy atom. The second kappa shape index (κ2) is 2.94. The van der Waals surface area contributed by atoms with E-state index in [-0.39, 0.29) is 0 Å². The number of rotatable bonds is 1. The van der Waals surface area contributed by atoms with E-state index in [4.69, 9.17) is 0 Å². The largest absolute Gasteiger partial charge is 0.199 e. The third-order valence-corrected chi connectivity index (χ3v) is 1.86. The Kier molecular flexibility index (Phi) is 1.79. The molecule has 0 radical (unpaired) electrons. The quantitative estimate of drug-likeness (QED) is 0.661. The Hall–Kier alpha value is -1.36. The highest BCUT2D eigenvalue weighted by Gasteiger charge is 1.99. The molecule has 0 bridgehead atoms. The van der Waals surface area contributed by atoms with Crippen LogP contribution in [0.25, 0.3) is 5.69 Å². The molecule has 0 aliphatic heterocycles. The van der Waals surface area contributed by atoms with Crippen molar-refractivity contribution in [1.29, 1.82) is 0 Å². The van der Waals surface area contributed by atoms with Crippen molar-refractivity contribution >= 4 is 12.6 Å². The van der Waals surface area contributed by atoms with Gasteiger partial charge in [-0.1, -0.05) is 12.1 Å². The van der Waals surface area contributed by atoms with E-state index in [9.17, 15) is 0 Å². The zero-order valence-corrected chi connectivity index (χ0v) is 7.02.